The van der Waals surface area contributed by atoms with Crippen molar-refractivity contribution in [3.63, 3.8) is 0 Å². The van der Waals surface area contributed by atoms with Crippen LogP contribution in [-0.2, 0) is 4.79 Å². The number of aromatic nitrogens is 2. The van der Waals surface area contributed by atoms with Crippen LogP contribution < -0.4 is 14.8 Å². The van der Waals surface area contributed by atoms with E-state index in [9.17, 15) is 4.79 Å². The van der Waals surface area contributed by atoms with Crippen molar-refractivity contribution in [2.45, 2.75) is 13.8 Å². The zero-order chi connectivity index (χ0) is 24.1. The van der Waals surface area contributed by atoms with E-state index in [1.54, 1.807) is 25.0 Å². The summed E-state index contributed by atoms with van der Waals surface area (Å²) in [5.74, 6) is 1.04. The minimum Gasteiger partial charge on any atom is -0.493 e. The van der Waals surface area contributed by atoms with Gasteiger partial charge in [0.05, 0.1) is 19.9 Å². The molecule has 4 aromatic rings. The topological polar surface area (TPSA) is 65.4 Å². The smallest absolute Gasteiger partial charge is 0.248 e. The highest BCUT2D eigenvalue weighted by atomic mass is 16.5. The molecule has 0 saturated heterocycles. The summed E-state index contributed by atoms with van der Waals surface area (Å²) in [6, 6.07) is 21.3. The third-order valence-electron chi connectivity index (χ3n) is 5.70. The molecule has 0 aliphatic heterocycles. The highest BCUT2D eigenvalue weighted by molar-refractivity contribution is 6.02. The van der Waals surface area contributed by atoms with Gasteiger partial charge < -0.3 is 14.8 Å². The fourth-order valence-electron chi connectivity index (χ4n) is 3.66. The van der Waals surface area contributed by atoms with E-state index in [1.165, 1.54) is 6.08 Å². The van der Waals surface area contributed by atoms with Crippen LogP contribution in [-0.4, -0.2) is 29.9 Å². The van der Waals surface area contributed by atoms with Gasteiger partial charge in [-0.3, -0.25) is 4.79 Å². The molecule has 1 amide bonds. The summed E-state index contributed by atoms with van der Waals surface area (Å²) >= 11 is 0. The number of hydrogen-bond donors (Lipinski definition) is 1. The van der Waals surface area contributed by atoms with Crippen LogP contribution in [0.15, 0.2) is 79.0 Å². The van der Waals surface area contributed by atoms with Crippen molar-refractivity contribution >= 4 is 17.7 Å². The molecular formula is C28H27N3O3. The van der Waals surface area contributed by atoms with Gasteiger partial charge in [-0.25, -0.2) is 4.68 Å². The predicted molar refractivity (Wildman–Crippen MR) is 136 cm³/mol. The van der Waals surface area contributed by atoms with E-state index in [-0.39, 0.29) is 5.91 Å². The lowest BCUT2D eigenvalue weighted by Crippen LogP contribution is -2.09. The second kappa shape index (κ2) is 10.1. The van der Waals surface area contributed by atoms with E-state index < -0.39 is 0 Å². The zero-order valence-corrected chi connectivity index (χ0v) is 19.7. The van der Waals surface area contributed by atoms with Crippen LogP contribution in [0.5, 0.6) is 11.5 Å². The third kappa shape index (κ3) is 4.86. The molecule has 6 nitrogen and oxygen atoms in total. The van der Waals surface area contributed by atoms with E-state index in [1.807, 2.05) is 86.8 Å². The Morgan fingerprint density at radius 1 is 0.941 bits per heavy atom. The summed E-state index contributed by atoms with van der Waals surface area (Å²) in [7, 11) is 3.20. The lowest BCUT2D eigenvalue weighted by molar-refractivity contribution is -0.111. The monoisotopic (exact) mass is 453 g/mol. The number of rotatable bonds is 7. The largest absolute Gasteiger partial charge is 0.493 e. The predicted octanol–water partition coefficient (Wildman–Crippen LogP) is 5.83. The maximum absolute atomic E-state index is 12.7. The SMILES string of the molecule is COc1ccc(-c2nn(-c3ccccc3)cc2C=CC(=O)Nc2cccc(C)c2C)cc1OC. The molecule has 0 saturated carbocycles. The molecule has 172 valence electrons. The normalized spacial score (nSPS) is 10.9. The molecule has 0 spiro atoms. The number of amides is 1. The third-order valence-corrected chi connectivity index (χ3v) is 5.70. The van der Waals surface area contributed by atoms with E-state index >= 15 is 0 Å². The molecule has 1 N–H and O–H groups in total. The Balaban J connectivity index is 1.70. The molecule has 0 bridgehead atoms. The Labute approximate surface area is 199 Å². The van der Waals surface area contributed by atoms with Crippen molar-refractivity contribution in [2.24, 2.45) is 0 Å². The highest BCUT2D eigenvalue weighted by Crippen LogP contribution is 2.33. The molecule has 6 heteroatoms. The van der Waals surface area contributed by atoms with Crippen LogP contribution in [0.25, 0.3) is 23.0 Å². The number of nitrogens with zero attached hydrogens (tertiary/aromatic N) is 2. The van der Waals surface area contributed by atoms with Crippen LogP contribution in [0.1, 0.15) is 16.7 Å². The Hall–Kier alpha value is -4.32. The van der Waals surface area contributed by atoms with Crippen molar-refractivity contribution in [1.82, 2.24) is 9.78 Å². The molecule has 0 radical (unpaired) electrons. The van der Waals surface area contributed by atoms with E-state index in [2.05, 4.69) is 5.32 Å². The number of anilines is 1. The number of aryl methyl sites for hydroxylation is 1. The second-order valence-corrected chi connectivity index (χ2v) is 7.85. The van der Waals surface area contributed by atoms with E-state index in [0.717, 1.165) is 39.3 Å². The number of para-hydroxylation sites is 1. The molecule has 0 unspecified atom stereocenters. The minimum absolute atomic E-state index is 0.209. The van der Waals surface area contributed by atoms with Gasteiger partial charge in [-0.15, -0.1) is 0 Å². The van der Waals surface area contributed by atoms with Crippen molar-refractivity contribution in [3.8, 4) is 28.4 Å². The standard InChI is InChI=1S/C28H27N3O3/c1-19-9-8-12-24(20(19)2)29-27(32)16-14-22-18-31(23-10-6-5-7-11-23)30-28(22)21-13-15-25(33-3)26(17-21)34-4/h5-18H,1-4H3,(H,29,32). The molecule has 0 atom stereocenters. The molecule has 0 fully saturated rings. The molecule has 34 heavy (non-hydrogen) atoms. The summed E-state index contributed by atoms with van der Waals surface area (Å²) < 4.78 is 12.6. The zero-order valence-electron chi connectivity index (χ0n) is 19.7. The number of nitrogens with one attached hydrogen (secondary N) is 1. The van der Waals surface area contributed by atoms with E-state index in [0.29, 0.717) is 11.5 Å². The number of hydrogen-bond acceptors (Lipinski definition) is 4. The van der Waals surface area contributed by atoms with Gasteiger partial charge in [0.15, 0.2) is 11.5 Å². The average molecular weight is 454 g/mol. The Kier molecular flexibility index (Phi) is 6.78. The van der Waals surface area contributed by atoms with Gasteiger partial charge in [0.1, 0.15) is 5.69 Å². The number of carbonyl (C=O) groups is 1. The quantitative estimate of drug-likeness (QED) is 0.358. The fraction of sp³-hybridized carbons (Fsp3) is 0.143. The van der Waals surface area contributed by atoms with Crippen LogP contribution >= 0.6 is 0 Å². The first-order chi connectivity index (χ1) is 16.5. The van der Waals surface area contributed by atoms with Crippen molar-refractivity contribution < 1.29 is 14.3 Å². The Morgan fingerprint density at radius 3 is 2.44 bits per heavy atom. The Bertz CT molecular complexity index is 1340. The first-order valence-electron chi connectivity index (χ1n) is 10.9. The lowest BCUT2D eigenvalue weighted by Gasteiger charge is -2.09. The lowest BCUT2D eigenvalue weighted by atomic mass is 10.1. The van der Waals surface area contributed by atoms with Crippen molar-refractivity contribution in [3.05, 3.63) is 95.7 Å². The van der Waals surface area contributed by atoms with Gasteiger partial charge in [0.25, 0.3) is 0 Å². The average Bonchev–Trinajstić information content (AvgIpc) is 3.30. The van der Waals surface area contributed by atoms with Crippen LogP contribution in [0.2, 0.25) is 0 Å². The minimum atomic E-state index is -0.209. The summed E-state index contributed by atoms with van der Waals surface area (Å²) in [5.41, 5.74) is 6.27. The number of benzene rings is 3. The molecule has 0 aliphatic rings. The fourth-order valence-corrected chi connectivity index (χ4v) is 3.66. The molecule has 1 aromatic heterocycles. The van der Waals surface area contributed by atoms with Crippen molar-refractivity contribution in [1.29, 1.82) is 0 Å². The van der Waals surface area contributed by atoms with Crippen LogP contribution in [0.3, 0.4) is 0 Å². The second-order valence-electron chi connectivity index (χ2n) is 7.85. The van der Waals surface area contributed by atoms with Gasteiger partial charge in [0, 0.05) is 29.1 Å². The maximum atomic E-state index is 12.7. The molecular weight excluding hydrogens is 426 g/mol. The molecule has 0 aliphatic carbocycles. The van der Waals surface area contributed by atoms with Gasteiger partial charge in [-0.1, -0.05) is 30.3 Å². The molecule has 4 rings (SSSR count). The van der Waals surface area contributed by atoms with E-state index in [4.69, 9.17) is 14.6 Å². The molecule has 3 aromatic carbocycles. The first kappa shape index (κ1) is 22.9. The summed E-state index contributed by atoms with van der Waals surface area (Å²) in [6.45, 7) is 4.02. The highest BCUT2D eigenvalue weighted by Gasteiger charge is 2.14. The Morgan fingerprint density at radius 2 is 1.71 bits per heavy atom. The van der Waals surface area contributed by atoms with Crippen molar-refractivity contribution in [2.75, 3.05) is 19.5 Å². The molecule has 1 heterocycles. The summed E-state index contributed by atoms with van der Waals surface area (Å²) in [5, 5.41) is 7.77. The first-order valence-corrected chi connectivity index (χ1v) is 10.9. The van der Waals surface area contributed by atoms with Crippen LogP contribution in [0.4, 0.5) is 5.69 Å². The van der Waals surface area contributed by atoms with Gasteiger partial charge in [-0.2, -0.15) is 5.10 Å². The summed E-state index contributed by atoms with van der Waals surface area (Å²) in [4.78, 5) is 12.7. The summed E-state index contributed by atoms with van der Waals surface area (Å²) in [6.07, 6.45) is 5.21. The maximum Gasteiger partial charge on any atom is 0.248 e. The van der Waals surface area contributed by atoms with Gasteiger partial charge in [0.2, 0.25) is 5.91 Å². The number of ether oxygens (including phenoxy) is 2. The number of carbonyl (C=O) groups excluding carboxylic acids is 1. The van der Waals surface area contributed by atoms with Gasteiger partial charge >= 0.3 is 0 Å². The van der Waals surface area contributed by atoms with Gasteiger partial charge in [-0.05, 0) is 67.4 Å². The van der Waals surface area contributed by atoms with Crippen LogP contribution in [0, 0.1) is 13.8 Å². The number of methoxy groups -OCH3 is 2.